The minimum atomic E-state index is -0.0489. The molecule has 17 heavy (non-hydrogen) atoms. The lowest BCUT2D eigenvalue weighted by atomic mass is 10.0. The third-order valence-corrected chi connectivity index (χ3v) is 3.86. The Bertz CT molecular complexity index is 224. The number of esters is 1. The Labute approximate surface area is 106 Å². The van der Waals surface area contributed by atoms with Gasteiger partial charge in [-0.25, -0.2) is 0 Å². The molecule has 1 atom stereocenters. The maximum absolute atomic E-state index is 11.9. The van der Waals surface area contributed by atoms with E-state index < -0.39 is 0 Å². The fraction of sp³-hybridized carbons (Fsp3) is 0.929. The molecule has 0 aromatic carbocycles. The lowest BCUT2D eigenvalue weighted by Gasteiger charge is -2.33. The highest BCUT2D eigenvalue weighted by molar-refractivity contribution is 5.75. The number of ether oxygens (including phenoxy) is 1. The molecule has 0 spiro atoms. The molecule has 3 nitrogen and oxygen atoms in total. The Morgan fingerprint density at radius 2 is 2.00 bits per heavy atom. The Kier molecular flexibility index (Phi) is 6.56. The molecule has 3 heteroatoms. The summed E-state index contributed by atoms with van der Waals surface area (Å²) in [6.45, 7) is 5.27. The van der Waals surface area contributed by atoms with E-state index >= 15 is 0 Å². The summed E-state index contributed by atoms with van der Waals surface area (Å²) in [5.41, 5.74) is 0. The van der Waals surface area contributed by atoms with Gasteiger partial charge in [0.1, 0.15) is 6.04 Å². The van der Waals surface area contributed by atoms with Crippen molar-refractivity contribution in [3.8, 4) is 0 Å². The largest absolute Gasteiger partial charge is 0.468 e. The van der Waals surface area contributed by atoms with Gasteiger partial charge in [0.05, 0.1) is 7.11 Å². The molecular formula is C14H27NO2. The standard InChI is InChI=1S/C14H27NO2/c1-4-6-11-13(14(16)17-3)15(5-2)12-9-7-8-10-12/h12-13H,4-11H2,1-3H3. The Balaban J connectivity index is 2.65. The molecular weight excluding hydrogens is 214 g/mol. The smallest absolute Gasteiger partial charge is 0.323 e. The van der Waals surface area contributed by atoms with E-state index in [0.29, 0.717) is 6.04 Å². The monoisotopic (exact) mass is 241 g/mol. The van der Waals surface area contributed by atoms with Crippen molar-refractivity contribution >= 4 is 5.97 Å². The third-order valence-electron chi connectivity index (χ3n) is 3.86. The summed E-state index contributed by atoms with van der Waals surface area (Å²) in [5, 5.41) is 0. The third kappa shape index (κ3) is 3.98. The van der Waals surface area contributed by atoms with Crippen LogP contribution < -0.4 is 0 Å². The predicted octanol–water partition coefficient (Wildman–Crippen LogP) is 2.98. The summed E-state index contributed by atoms with van der Waals surface area (Å²) in [5.74, 6) is -0.0489. The molecule has 0 aliphatic heterocycles. The number of likely N-dealkylation sites (N-methyl/N-ethyl adjacent to an activating group) is 1. The molecule has 1 rings (SSSR count). The van der Waals surface area contributed by atoms with E-state index in [9.17, 15) is 4.79 Å². The van der Waals surface area contributed by atoms with Crippen LogP contribution in [-0.4, -0.2) is 36.6 Å². The molecule has 0 bridgehead atoms. The first-order valence-electron chi connectivity index (χ1n) is 7.08. The second kappa shape index (κ2) is 7.70. The quantitative estimate of drug-likeness (QED) is 0.642. The first-order chi connectivity index (χ1) is 8.24. The van der Waals surface area contributed by atoms with Gasteiger partial charge in [0.2, 0.25) is 0 Å². The van der Waals surface area contributed by atoms with E-state index in [1.54, 1.807) is 0 Å². The summed E-state index contributed by atoms with van der Waals surface area (Å²) in [6.07, 6.45) is 8.28. The van der Waals surface area contributed by atoms with Crippen LogP contribution >= 0.6 is 0 Å². The molecule has 1 fully saturated rings. The van der Waals surface area contributed by atoms with E-state index in [1.165, 1.54) is 32.8 Å². The minimum Gasteiger partial charge on any atom is -0.468 e. The SMILES string of the molecule is CCCCC(C(=O)OC)N(CC)C1CCCC1. The topological polar surface area (TPSA) is 29.5 Å². The zero-order chi connectivity index (χ0) is 12.7. The van der Waals surface area contributed by atoms with Crippen molar-refractivity contribution in [1.82, 2.24) is 4.90 Å². The zero-order valence-electron chi connectivity index (χ0n) is 11.6. The van der Waals surface area contributed by atoms with Crippen molar-refractivity contribution in [2.45, 2.75) is 70.9 Å². The fourth-order valence-electron chi connectivity index (χ4n) is 2.92. The lowest BCUT2D eigenvalue weighted by molar-refractivity contribution is -0.148. The molecule has 0 N–H and O–H groups in total. The highest BCUT2D eigenvalue weighted by atomic mass is 16.5. The molecule has 1 aliphatic rings. The van der Waals surface area contributed by atoms with Gasteiger partial charge in [-0.15, -0.1) is 0 Å². The van der Waals surface area contributed by atoms with E-state index in [-0.39, 0.29) is 12.0 Å². The second-order valence-corrected chi connectivity index (χ2v) is 4.95. The molecule has 1 aliphatic carbocycles. The molecule has 1 saturated carbocycles. The molecule has 0 aromatic heterocycles. The number of nitrogens with zero attached hydrogens (tertiary/aromatic N) is 1. The van der Waals surface area contributed by atoms with Crippen LogP contribution in [0.15, 0.2) is 0 Å². The number of hydrogen-bond acceptors (Lipinski definition) is 3. The fourth-order valence-corrected chi connectivity index (χ4v) is 2.92. The molecule has 1 unspecified atom stereocenters. The van der Waals surface area contributed by atoms with Crippen molar-refractivity contribution in [3.63, 3.8) is 0 Å². The van der Waals surface area contributed by atoms with E-state index in [4.69, 9.17) is 4.74 Å². The number of hydrogen-bond donors (Lipinski definition) is 0. The Morgan fingerprint density at radius 3 is 2.47 bits per heavy atom. The van der Waals surface area contributed by atoms with Crippen LogP contribution in [0.3, 0.4) is 0 Å². The van der Waals surface area contributed by atoms with Gasteiger partial charge in [-0.2, -0.15) is 0 Å². The number of carbonyl (C=O) groups is 1. The van der Waals surface area contributed by atoms with Gasteiger partial charge < -0.3 is 4.74 Å². The number of unbranched alkanes of at least 4 members (excludes halogenated alkanes) is 1. The first kappa shape index (κ1) is 14.5. The van der Waals surface area contributed by atoms with Gasteiger partial charge in [0.15, 0.2) is 0 Å². The average molecular weight is 241 g/mol. The first-order valence-corrected chi connectivity index (χ1v) is 7.08. The summed E-state index contributed by atoms with van der Waals surface area (Å²) in [6, 6.07) is 0.578. The normalized spacial score (nSPS) is 18.6. The van der Waals surface area contributed by atoms with E-state index in [1.807, 2.05) is 0 Å². The number of rotatable bonds is 7. The summed E-state index contributed by atoms with van der Waals surface area (Å²) in [4.78, 5) is 14.3. The van der Waals surface area contributed by atoms with Gasteiger partial charge in [-0.05, 0) is 25.8 Å². The van der Waals surface area contributed by atoms with Crippen LogP contribution in [0.5, 0.6) is 0 Å². The summed E-state index contributed by atoms with van der Waals surface area (Å²) >= 11 is 0. The summed E-state index contributed by atoms with van der Waals surface area (Å²) < 4.78 is 4.97. The van der Waals surface area contributed by atoms with Gasteiger partial charge in [-0.1, -0.05) is 39.5 Å². The number of methoxy groups -OCH3 is 1. The maximum atomic E-state index is 11.9. The predicted molar refractivity (Wildman–Crippen MR) is 70.0 cm³/mol. The minimum absolute atomic E-state index is 0.0203. The zero-order valence-corrected chi connectivity index (χ0v) is 11.6. The Morgan fingerprint density at radius 1 is 1.35 bits per heavy atom. The van der Waals surface area contributed by atoms with Crippen molar-refractivity contribution in [3.05, 3.63) is 0 Å². The van der Waals surface area contributed by atoms with Crippen molar-refractivity contribution in [2.24, 2.45) is 0 Å². The molecule has 0 amide bonds. The van der Waals surface area contributed by atoms with Crippen LogP contribution in [-0.2, 0) is 9.53 Å². The van der Waals surface area contributed by atoms with Crippen LogP contribution in [0.1, 0.15) is 58.8 Å². The Hall–Kier alpha value is -0.570. The van der Waals surface area contributed by atoms with Crippen LogP contribution in [0.2, 0.25) is 0 Å². The van der Waals surface area contributed by atoms with Crippen molar-refractivity contribution < 1.29 is 9.53 Å². The molecule has 0 heterocycles. The summed E-state index contributed by atoms with van der Waals surface area (Å²) in [7, 11) is 1.50. The van der Waals surface area contributed by atoms with Gasteiger partial charge in [0, 0.05) is 6.04 Å². The maximum Gasteiger partial charge on any atom is 0.323 e. The molecule has 100 valence electrons. The lowest BCUT2D eigenvalue weighted by Crippen LogP contribution is -2.46. The molecule has 0 aromatic rings. The highest BCUT2D eigenvalue weighted by Crippen LogP contribution is 2.26. The van der Waals surface area contributed by atoms with Crippen LogP contribution in [0.25, 0.3) is 0 Å². The molecule has 0 radical (unpaired) electrons. The van der Waals surface area contributed by atoms with Crippen LogP contribution in [0.4, 0.5) is 0 Å². The highest BCUT2D eigenvalue weighted by Gasteiger charge is 2.31. The van der Waals surface area contributed by atoms with Gasteiger partial charge in [0.25, 0.3) is 0 Å². The second-order valence-electron chi connectivity index (χ2n) is 4.95. The van der Waals surface area contributed by atoms with E-state index in [2.05, 4.69) is 18.7 Å². The number of carbonyl (C=O) groups excluding carboxylic acids is 1. The van der Waals surface area contributed by atoms with E-state index in [0.717, 1.165) is 25.8 Å². The van der Waals surface area contributed by atoms with Crippen molar-refractivity contribution in [1.29, 1.82) is 0 Å². The van der Waals surface area contributed by atoms with Crippen LogP contribution in [0, 0.1) is 0 Å². The molecule has 0 saturated heterocycles. The van der Waals surface area contributed by atoms with Gasteiger partial charge >= 0.3 is 5.97 Å². The van der Waals surface area contributed by atoms with Gasteiger partial charge in [-0.3, -0.25) is 9.69 Å². The average Bonchev–Trinajstić information content (AvgIpc) is 2.87. The van der Waals surface area contributed by atoms with Crippen molar-refractivity contribution in [2.75, 3.05) is 13.7 Å².